The molecule has 30 heavy (non-hydrogen) atoms. The maximum atomic E-state index is 14.1. The normalized spacial score (nSPS) is 11.4. The van der Waals surface area contributed by atoms with E-state index in [0.717, 1.165) is 11.1 Å². The van der Waals surface area contributed by atoms with Crippen molar-refractivity contribution < 1.29 is 23.0 Å². The van der Waals surface area contributed by atoms with Gasteiger partial charge in [-0.1, -0.05) is 37.6 Å². The number of ether oxygens (including phenoxy) is 3. The summed E-state index contributed by atoms with van der Waals surface area (Å²) in [6.07, 6.45) is 0. The van der Waals surface area contributed by atoms with E-state index in [2.05, 4.69) is 13.8 Å². The van der Waals surface area contributed by atoms with Gasteiger partial charge in [0.2, 0.25) is 0 Å². The fourth-order valence-corrected chi connectivity index (χ4v) is 3.20. The Kier molecular flexibility index (Phi) is 6.95. The van der Waals surface area contributed by atoms with Crippen LogP contribution in [0.5, 0.6) is 17.2 Å². The van der Waals surface area contributed by atoms with Gasteiger partial charge in [0.05, 0.1) is 25.3 Å². The van der Waals surface area contributed by atoms with E-state index in [0.29, 0.717) is 23.1 Å². The van der Waals surface area contributed by atoms with Crippen molar-refractivity contribution >= 4 is 11.6 Å². The van der Waals surface area contributed by atoms with Gasteiger partial charge >= 0.3 is 0 Å². The second kappa shape index (κ2) is 9.45. The van der Waals surface area contributed by atoms with E-state index >= 15 is 0 Å². The molecule has 0 spiro atoms. The lowest BCUT2D eigenvalue weighted by atomic mass is 9.85. The summed E-state index contributed by atoms with van der Waals surface area (Å²) in [5.41, 5.74) is 1.49. The minimum Gasteiger partial charge on any atom is -0.495 e. The first-order valence-electron chi connectivity index (χ1n) is 9.42. The Balaban J connectivity index is 1.64. The molecular weight excluding hydrogens is 410 g/mol. The van der Waals surface area contributed by atoms with E-state index in [1.165, 1.54) is 30.3 Å². The second-order valence-corrected chi connectivity index (χ2v) is 7.95. The van der Waals surface area contributed by atoms with Crippen molar-refractivity contribution in [3.63, 3.8) is 0 Å². The first-order chi connectivity index (χ1) is 14.3. The summed E-state index contributed by atoms with van der Waals surface area (Å²) in [5.74, 6) is 0.147. The Morgan fingerprint density at radius 1 is 0.900 bits per heavy atom. The minimum absolute atomic E-state index is 0.0592. The fraction of sp³-hybridized carbons (Fsp3) is 0.250. The fourth-order valence-electron chi connectivity index (χ4n) is 2.94. The van der Waals surface area contributed by atoms with Crippen LogP contribution in [0.1, 0.15) is 25.0 Å². The van der Waals surface area contributed by atoms with Gasteiger partial charge in [-0.05, 0) is 59.7 Å². The third kappa shape index (κ3) is 5.49. The highest BCUT2D eigenvalue weighted by Crippen LogP contribution is 2.32. The maximum absolute atomic E-state index is 14.1. The molecule has 0 amide bonds. The van der Waals surface area contributed by atoms with Gasteiger partial charge in [-0.2, -0.15) is 0 Å². The van der Waals surface area contributed by atoms with E-state index in [4.69, 9.17) is 25.8 Å². The second-order valence-electron chi connectivity index (χ2n) is 7.55. The first kappa shape index (κ1) is 22.1. The Hall–Kier alpha value is -2.63. The molecule has 0 saturated carbocycles. The minimum atomic E-state index is -0.503. The summed E-state index contributed by atoms with van der Waals surface area (Å²) in [6.45, 7) is 4.83. The van der Waals surface area contributed by atoms with Gasteiger partial charge in [0.1, 0.15) is 17.3 Å². The molecule has 0 fully saturated rings. The van der Waals surface area contributed by atoms with E-state index in [-0.39, 0.29) is 23.6 Å². The maximum Gasteiger partial charge on any atom is 0.165 e. The Morgan fingerprint density at radius 3 is 2.30 bits per heavy atom. The highest BCUT2D eigenvalue weighted by atomic mass is 35.5. The molecule has 0 bridgehead atoms. The molecule has 0 aromatic heterocycles. The van der Waals surface area contributed by atoms with Crippen molar-refractivity contribution in [1.29, 1.82) is 0 Å². The predicted octanol–water partition coefficient (Wildman–Crippen LogP) is 6.91. The molecule has 0 radical (unpaired) electrons. The van der Waals surface area contributed by atoms with Crippen LogP contribution in [0.25, 0.3) is 0 Å². The van der Waals surface area contributed by atoms with Crippen LogP contribution in [0, 0.1) is 11.6 Å². The molecule has 6 heteroatoms. The number of hydrogen-bond acceptors (Lipinski definition) is 3. The molecule has 3 nitrogen and oxygen atoms in total. The molecule has 0 unspecified atom stereocenters. The highest BCUT2D eigenvalue weighted by molar-refractivity contribution is 6.32. The number of rotatable bonds is 8. The molecular formula is C24H23ClF2O3. The van der Waals surface area contributed by atoms with Gasteiger partial charge < -0.3 is 14.2 Å². The lowest BCUT2D eigenvalue weighted by Gasteiger charge is -2.25. The van der Waals surface area contributed by atoms with Crippen LogP contribution >= 0.6 is 11.6 Å². The van der Waals surface area contributed by atoms with Crippen molar-refractivity contribution in [2.75, 3.05) is 13.7 Å². The molecule has 0 saturated heterocycles. The largest absolute Gasteiger partial charge is 0.495 e. The van der Waals surface area contributed by atoms with E-state index in [1.54, 1.807) is 19.2 Å². The molecule has 3 aromatic carbocycles. The zero-order chi connectivity index (χ0) is 21.7. The quantitative estimate of drug-likeness (QED) is 0.387. The van der Waals surface area contributed by atoms with Gasteiger partial charge in [-0.25, -0.2) is 8.78 Å². The van der Waals surface area contributed by atoms with E-state index < -0.39 is 5.82 Å². The zero-order valence-corrected chi connectivity index (χ0v) is 17.8. The van der Waals surface area contributed by atoms with Gasteiger partial charge in [0.25, 0.3) is 0 Å². The first-order valence-corrected chi connectivity index (χ1v) is 9.80. The average molecular weight is 433 g/mol. The molecule has 0 heterocycles. The van der Waals surface area contributed by atoms with Crippen molar-refractivity contribution in [2.24, 2.45) is 0 Å². The summed E-state index contributed by atoms with van der Waals surface area (Å²) in [4.78, 5) is 0. The molecule has 3 rings (SSSR count). The molecule has 0 N–H and O–H groups in total. The lowest BCUT2D eigenvalue weighted by molar-refractivity contribution is 0.0823. The van der Waals surface area contributed by atoms with Crippen LogP contribution in [0.2, 0.25) is 5.02 Å². The van der Waals surface area contributed by atoms with Crippen LogP contribution < -0.4 is 9.47 Å². The standard InChI is InChI=1S/C24H23ClF2O3/c1-24(2,17-5-11-22(28-3)20(25)13-17)15-29-14-16-4-10-21(27)23(12-16)30-19-8-6-18(26)7-9-19/h4-13H,14-15H2,1-3H3. The molecule has 0 aliphatic rings. The summed E-state index contributed by atoms with van der Waals surface area (Å²) < 4.78 is 43.8. The van der Waals surface area contributed by atoms with Crippen LogP contribution in [0.3, 0.4) is 0 Å². The SMILES string of the molecule is COc1ccc(C(C)(C)COCc2ccc(F)c(Oc3ccc(F)cc3)c2)cc1Cl. The summed E-state index contributed by atoms with van der Waals surface area (Å²) in [6, 6.07) is 15.6. The number of halogens is 3. The third-order valence-corrected chi connectivity index (χ3v) is 5.00. The van der Waals surface area contributed by atoms with Gasteiger partial charge in [-0.3, -0.25) is 0 Å². The van der Waals surface area contributed by atoms with Crippen molar-refractivity contribution in [2.45, 2.75) is 25.9 Å². The number of hydrogen-bond donors (Lipinski definition) is 0. The van der Waals surface area contributed by atoms with E-state index in [9.17, 15) is 8.78 Å². The van der Waals surface area contributed by atoms with Crippen LogP contribution in [0.4, 0.5) is 8.78 Å². The monoisotopic (exact) mass is 432 g/mol. The molecule has 158 valence electrons. The Morgan fingerprint density at radius 2 is 1.63 bits per heavy atom. The molecule has 0 aliphatic heterocycles. The average Bonchev–Trinajstić information content (AvgIpc) is 2.72. The highest BCUT2D eigenvalue weighted by Gasteiger charge is 2.22. The van der Waals surface area contributed by atoms with Crippen LogP contribution in [0.15, 0.2) is 60.7 Å². The molecule has 0 aliphatic carbocycles. The number of benzene rings is 3. The van der Waals surface area contributed by atoms with Crippen LogP contribution in [-0.4, -0.2) is 13.7 Å². The van der Waals surface area contributed by atoms with Crippen molar-refractivity contribution in [3.05, 3.63) is 88.4 Å². The Labute approximate surface area is 180 Å². The topological polar surface area (TPSA) is 27.7 Å². The third-order valence-electron chi connectivity index (χ3n) is 4.70. The summed E-state index contributed by atoms with van der Waals surface area (Å²) >= 11 is 6.24. The van der Waals surface area contributed by atoms with Crippen molar-refractivity contribution in [3.8, 4) is 17.2 Å². The molecule has 3 aromatic rings. The van der Waals surface area contributed by atoms with Gasteiger partial charge in [-0.15, -0.1) is 0 Å². The number of methoxy groups -OCH3 is 1. The lowest BCUT2D eigenvalue weighted by Crippen LogP contribution is -2.24. The van der Waals surface area contributed by atoms with Crippen LogP contribution in [-0.2, 0) is 16.8 Å². The summed E-state index contributed by atoms with van der Waals surface area (Å²) in [7, 11) is 1.58. The summed E-state index contributed by atoms with van der Waals surface area (Å²) in [5, 5.41) is 0.546. The van der Waals surface area contributed by atoms with Crippen molar-refractivity contribution in [1.82, 2.24) is 0 Å². The predicted molar refractivity (Wildman–Crippen MR) is 114 cm³/mol. The smallest absolute Gasteiger partial charge is 0.165 e. The zero-order valence-electron chi connectivity index (χ0n) is 17.0. The van der Waals surface area contributed by atoms with E-state index in [1.807, 2.05) is 18.2 Å². The van der Waals surface area contributed by atoms with Gasteiger partial charge in [0.15, 0.2) is 11.6 Å². The van der Waals surface area contributed by atoms with Gasteiger partial charge in [0, 0.05) is 5.41 Å². The molecule has 0 atom stereocenters. The Bertz CT molecular complexity index is 1000.